The molecule has 1 unspecified atom stereocenters. The summed E-state index contributed by atoms with van der Waals surface area (Å²) in [5.74, 6) is -0.419. The van der Waals surface area contributed by atoms with E-state index in [0.29, 0.717) is 25.1 Å². The van der Waals surface area contributed by atoms with Gasteiger partial charge < -0.3 is 10.1 Å². The van der Waals surface area contributed by atoms with Crippen LogP contribution in [0.1, 0.15) is 17.5 Å². The summed E-state index contributed by atoms with van der Waals surface area (Å²) < 4.78 is 42.3. The zero-order valence-electron chi connectivity index (χ0n) is 10.4. The smallest absolute Gasteiger partial charge is 0.416 e. The van der Waals surface area contributed by atoms with Gasteiger partial charge in [-0.2, -0.15) is 13.2 Å². The minimum absolute atomic E-state index is 0.380. The highest BCUT2D eigenvalue weighted by molar-refractivity contribution is 5.84. The van der Waals surface area contributed by atoms with Crippen molar-refractivity contribution in [1.82, 2.24) is 5.32 Å². The average Bonchev–Trinajstić information content (AvgIpc) is 2.87. The first-order chi connectivity index (χ1) is 8.90. The predicted molar refractivity (Wildman–Crippen MR) is 62.6 cm³/mol. The van der Waals surface area contributed by atoms with E-state index in [1.807, 2.05) is 0 Å². The Morgan fingerprint density at radius 2 is 1.95 bits per heavy atom. The maximum absolute atomic E-state index is 12.5. The lowest BCUT2D eigenvalue weighted by atomic mass is 9.79. The maximum Gasteiger partial charge on any atom is 0.416 e. The second kappa shape index (κ2) is 4.85. The Bertz CT molecular complexity index is 462. The molecule has 0 bridgehead atoms. The maximum atomic E-state index is 12.5. The first kappa shape index (κ1) is 13.9. The molecular weight excluding hydrogens is 259 g/mol. The Hall–Kier alpha value is -1.56. The van der Waals surface area contributed by atoms with Crippen LogP contribution in [-0.4, -0.2) is 26.2 Å². The number of ether oxygens (including phenoxy) is 1. The monoisotopic (exact) mass is 273 g/mol. The van der Waals surface area contributed by atoms with Crippen molar-refractivity contribution in [1.29, 1.82) is 0 Å². The number of alkyl halides is 3. The third-order valence-corrected chi connectivity index (χ3v) is 3.50. The van der Waals surface area contributed by atoms with Gasteiger partial charge in [-0.25, -0.2) is 0 Å². The molecule has 2 rings (SSSR count). The van der Waals surface area contributed by atoms with Crippen molar-refractivity contribution in [2.24, 2.45) is 0 Å². The highest BCUT2D eigenvalue weighted by Crippen LogP contribution is 2.35. The predicted octanol–water partition coefficient (Wildman–Crippen LogP) is 2.11. The summed E-state index contributed by atoms with van der Waals surface area (Å²) in [6.07, 6.45) is -3.85. The number of hydrogen-bond donors (Lipinski definition) is 1. The third-order valence-electron chi connectivity index (χ3n) is 3.50. The number of benzene rings is 1. The highest BCUT2D eigenvalue weighted by Gasteiger charge is 2.44. The Morgan fingerprint density at radius 1 is 1.32 bits per heavy atom. The largest absolute Gasteiger partial charge is 0.468 e. The fourth-order valence-corrected chi connectivity index (χ4v) is 2.40. The van der Waals surface area contributed by atoms with E-state index >= 15 is 0 Å². The molecule has 1 N–H and O–H groups in total. The van der Waals surface area contributed by atoms with Gasteiger partial charge >= 0.3 is 12.1 Å². The quantitative estimate of drug-likeness (QED) is 0.839. The number of carbonyl (C=O) groups excluding carboxylic acids is 1. The van der Waals surface area contributed by atoms with Gasteiger partial charge in [0.05, 0.1) is 12.7 Å². The molecule has 0 saturated carbocycles. The SMILES string of the molecule is COC(=O)C1(c2ccc(C(F)(F)F)cc2)CCNC1. The van der Waals surface area contributed by atoms with Gasteiger partial charge in [0.25, 0.3) is 0 Å². The van der Waals surface area contributed by atoms with Gasteiger partial charge in [-0.05, 0) is 30.7 Å². The number of rotatable bonds is 2. The van der Waals surface area contributed by atoms with Gasteiger partial charge in [-0.3, -0.25) is 4.79 Å². The summed E-state index contributed by atoms with van der Waals surface area (Å²) in [7, 11) is 1.28. The number of nitrogens with one attached hydrogen (secondary N) is 1. The number of halogens is 3. The zero-order chi connectivity index (χ0) is 14.1. The molecule has 0 spiro atoms. The molecule has 19 heavy (non-hydrogen) atoms. The molecule has 1 saturated heterocycles. The highest BCUT2D eigenvalue weighted by atomic mass is 19.4. The van der Waals surface area contributed by atoms with Gasteiger partial charge in [-0.15, -0.1) is 0 Å². The minimum Gasteiger partial charge on any atom is -0.468 e. The van der Waals surface area contributed by atoms with Crippen molar-refractivity contribution < 1.29 is 22.7 Å². The van der Waals surface area contributed by atoms with Crippen molar-refractivity contribution in [2.45, 2.75) is 18.0 Å². The van der Waals surface area contributed by atoms with Crippen LogP contribution >= 0.6 is 0 Å². The molecule has 6 heteroatoms. The summed E-state index contributed by atoms with van der Waals surface area (Å²) in [4.78, 5) is 11.9. The van der Waals surface area contributed by atoms with E-state index in [1.165, 1.54) is 19.2 Å². The second-order valence-electron chi connectivity index (χ2n) is 4.58. The van der Waals surface area contributed by atoms with E-state index in [-0.39, 0.29) is 0 Å². The van der Waals surface area contributed by atoms with Crippen molar-refractivity contribution in [3.8, 4) is 0 Å². The van der Waals surface area contributed by atoms with E-state index in [1.54, 1.807) is 0 Å². The van der Waals surface area contributed by atoms with E-state index in [4.69, 9.17) is 4.74 Å². The van der Waals surface area contributed by atoms with E-state index in [9.17, 15) is 18.0 Å². The molecule has 1 fully saturated rings. The molecule has 1 aromatic rings. The Labute approximate surface area is 108 Å². The van der Waals surface area contributed by atoms with Crippen LogP contribution in [0.15, 0.2) is 24.3 Å². The molecule has 0 radical (unpaired) electrons. The summed E-state index contributed by atoms with van der Waals surface area (Å²) in [6.45, 7) is 1.02. The lowest BCUT2D eigenvalue weighted by molar-refractivity contribution is -0.146. The van der Waals surface area contributed by atoms with Crippen LogP contribution in [0.25, 0.3) is 0 Å². The van der Waals surface area contributed by atoms with Crippen LogP contribution in [0.5, 0.6) is 0 Å². The zero-order valence-corrected chi connectivity index (χ0v) is 10.4. The van der Waals surface area contributed by atoms with Gasteiger partial charge in [-0.1, -0.05) is 12.1 Å². The van der Waals surface area contributed by atoms with Gasteiger partial charge in [0, 0.05) is 6.54 Å². The fraction of sp³-hybridized carbons (Fsp3) is 0.462. The van der Waals surface area contributed by atoms with Gasteiger partial charge in [0.1, 0.15) is 5.41 Å². The third kappa shape index (κ3) is 2.45. The number of hydrogen-bond acceptors (Lipinski definition) is 3. The van der Waals surface area contributed by atoms with Crippen molar-refractivity contribution in [3.63, 3.8) is 0 Å². The molecule has 1 aromatic carbocycles. The normalized spacial score (nSPS) is 23.4. The molecule has 0 amide bonds. The van der Waals surface area contributed by atoms with Crippen molar-refractivity contribution in [3.05, 3.63) is 35.4 Å². The molecule has 104 valence electrons. The van der Waals surface area contributed by atoms with Crippen molar-refractivity contribution in [2.75, 3.05) is 20.2 Å². The first-order valence-corrected chi connectivity index (χ1v) is 5.87. The molecule has 0 aromatic heterocycles. The molecule has 0 aliphatic carbocycles. The fourth-order valence-electron chi connectivity index (χ4n) is 2.40. The van der Waals surface area contributed by atoms with E-state index in [2.05, 4.69) is 5.32 Å². The lowest BCUT2D eigenvalue weighted by Gasteiger charge is -2.25. The summed E-state index contributed by atoms with van der Waals surface area (Å²) in [5, 5.41) is 3.05. The van der Waals surface area contributed by atoms with Gasteiger partial charge in [0.2, 0.25) is 0 Å². The number of methoxy groups -OCH3 is 1. The Kier molecular flexibility index (Phi) is 3.54. The molecule has 1 atom stereocenters. The molecular formula is C13H14F3NO2. The minimum atomic E-state index is -4.37. The summed E-state index contributed by atoms with van der Waals surface area (Å²) in [5.41, 5.74) is -1.04. The Balaban J connectivity index is 2.36. The molecule has 1 aliphatic rings. The molecule has 3 nitrogen and oxygen atoms in total. The molecule has 1 aliphatic heterocycles. The number of esters is 1. The second-order valence-corrected chi connectivity index (χ2v) is 4.58. The van der Waals surface area contributed by atoms with E-state index < -0.39 is 23.1 Å². The van der Waals surface area contributed by atoms with Gasteiger partial charge in [0.15, 0.2) is 0 Å². The first-order valence-electron chi connectivity index (χ1n) is 5.87. The standard InChI is InChI=1S/C13H14F3NO2/c1-19-11(18)12(6-7-17-8-12)9-2-4-10(5-3-9)13(14,15)16/h2-5,17H,6-8H2,1H3. The topological polar surface area (TPSA) is 38.3 Å². The lowest BCUT2D eigenvalue weighted by Crippen LogP contribution is -2.39. The summed E-state index contributed by atoms with van der Waals surface area (Å²) in [6, 6.07) is 4.70. The van der Waals surface area contributed by atoms with Crippen molar-refractivity contribution >= 4 is 5.97 Å². The number of carbonyl (C=O) groups is 1. The average molecular weight is 273 g/mol. The molecule has 1 heterocycles. The Morgan fingerprint density at radius 3 is 2.37 bits per heavy atom. The van der Waals surface area contributed by atoms with Crippen LogP contribution in [0, 0.1) is 0 Å². The van der Waals surface area contributed by atoms with Crippen LogP contribution in [0.2, 0.25) is 0 Å². The summed E-state index contributed by atoms with van der Waals surface area (Å²) >= 11 is 0. The van der Waals surface area contributed by atoms with Crippen LogP contribution in [0.3, 0.4) is 0 Å². The van der Waals surface area contributed by atoms with Crippen LogP contribution in [0.4, 0.5) is 13.2 Å². The van der Waals surface area contributed by atoms with Crippen LogP contribution in [-0.2, 0) is 21.1 Å². The van der Waals surface area contributed by atoms with Crippen LogP contribution < -0.4 is 5.32 Å². The van der Waals surface area contributed by atoms with E-state index in [0.717, 1.165) is 12.1 Å².